The van der Waals surface area contributed by atoms with Crippen molar-refractivity contribution in [3.63, 3.8) is 0 Å². The maximum absolute atomic E-state index is 13.2. The Morgan fingerprint density at radius 2 is 1.97 bits per heavy atom. The van der Waals surface area contributed by atoms with Crippen LogP contribution in [0.2, 0.25) is 0 Å². The summed E-state index contributed by atoms with van der Waals surface area (Å²) >= 11 is 1.49. The smallest absolute Gasteiger partial charge is 0.233 e. The van der Waals surface area contributed by atoms with Gasteiger partial charge in [0.2, 0.25) is 5.91 Å². The van der Waals surface area contributed by atoms with Gasteiger partial charge in [-0.2, -0.15) is 0 Å². The summed E-state index contributed by atoms with van der Waals surface area (Å²) in [5.74, 6) is 2.09. The van der Waals surface area contributed by atoms with E-state index in [1.165, 1.54) is 17.3 Å². The normalized spacial score (nSPS) is 17.9. The highest BCUT2D eigenvalue weighted by Crippen LogP contribution is 2.38. The standard InChI is InChI=1S/C25H27N3O3S/c1-18-6-2-3-7-20(18)28-13-11-26-25(28)32-17-24(29)27-12-4-8-21(27)19-9-10-22-23(16-19)31-15-5-14-30-22/h2-3,6-7,9-11,13,16,21H,4-5,8,12,14-15,17H2,1H3/t21-/m0/s1. The van der Waals surface area contributed by atoms with E-state index in [-0.39, 0.29) is 11.9 Å². The molecule has 0 radical (unpaired) electrons. The van der Waals surface area contributed by atoms with Crippen LogP contribution in [0.3, 0.4) is 0 Å². The fourth-order valence-electron chi connectivity index (χ4n) is 4.42. The number of rotatable bonds is 5. The number of benzene rings is 2. The first-order valence-electron chi connectivity index (χ1n) is 11.1. The maximum atomic E-state index is 13.2. The van der Waals surface area contributed by atoms with Crippen LogP contribution in [0.25, 0.3) is 5.69 Å². The number of amides is 1. The van der Waals surface area contributed by atoms with Gasteiger partial charge in [0.05, 0.1) is 30.7 Å². The molecule has 0 N–H and O–H groups in total. The number of thioether (sulfide) groups is 1. The van der Waals surface area contributed by atoms with E-state index in [2.05, 4.69) is 40.7 Å². The second-order valence-electron chi connectivity index (χ2n) is 8.16. The van der Waals surface area contributed by atoms with Crippen LogP contribution in [0.5, 0.6) is 11.5 Å². The summed E-state index contributed by atoms with van der Waals surface area (Å²) in [4.78, 5) is 19.7. The third kappa shape index (κ3) is 4.21. The molecular formula is C25H27N3O3S. The van der Waals surface area contributed by atoms with E-state index in [9.17, 15) is 4.79 Å². The predicted octanol–water partition coefficient (Wildman–Crippen LogP) is 4.80. The molecule has 3 aromatic rings. The second-order valence-corrected chi connectivity index (χ2v) is 9.10. The van der Waals surface area contributed by atoms with E-state index >= 15 is 0 Å². The van der Waals surface area contributed by atoms with Crippen molar-refractivity contribution in [2.45, 2.75) is 37.4 Å². The van der Waals surface area contributed by atoms with E-state index < -0.39 is 0 Å². The fourth-order valence-corrected chi connectivity index (χ4v) is 5.27. The van der Waals surface area contributed by atoms with Crippen LogP contribution >= 0.6 is 11.8 Å². The number of carbonyl (C=O) groups is 1. The Bertz CT molecular complexity index is 1110. The van der Waals surface area contributed by atoms with E-state index in [0.29, 0.717) is 19.0 Å². The number of imidazole rings is 1. The van der Waals surface area contributed by atoms with Gasteiger partial charge in [0.25, 0.3) is 0 Å². The quantitative estimate of drug-likeness (QED) is 0.524. The Morgan fingerprint density at radius 1 is 1.12 bits per heavy atom. The summed E-state index contributed by atoms with van der Waals surface area (Å²) < 4.78 is 13.7. The van der Waals surface area contributed by atoms with Gasteiger partial charge in [-0.1, -0.05) is 36.0 Å². The molecule has 7 heteroatoms. The summed E-state index contributed by atoms with van der Waals surface area (Å²) in [5, 5.41) is 0.832. The van der Waals surface area contributed by atoms with Gasteiger partial charge in [-0.05, 0) is 49.1 Å². The van der Waals surface area contributed by atoms with E-state index in [4.69, 9.17) is 9.47 Å². The van der Waals surface area contributed by atoms with Crippen LogP contribution in [0.15, 0.2) is 60.0 Å². The molecule has 0 saturated carbocycles. The molecule has 1 saturated heterocycles. The molecule has 0 aliphatic carbocycles. The fraction of sp³-hybridized carbons (Fsp3) is 0.360. The van der Waals surface area contributed by atoms with Gasteiger partial charge in [-0.3, -0.25) is 9.36 Å². The Kier molecular flexibility index (Phi) is 6.08. The molecule has 0 spiro atoms. The highest BCUT2D eigenvalue weighted by atomic mass is 32.2. The Morgan fingerprint density at radius 3 is 2.84 bits per heavy atom. The molecule has 166 valence electrons. The van der Waals surface area contributed by atoms with Crippen LogP contribution in [0, 0.1) is 6.92 Å². The minimum Gasteiger partial charge on any atom is -0.490 e. The van der Waals surface area contributed by atoms with Gasteiger partial charge >= 0.3 is 0 Å². The zero-order chi connectivity index (χ0) is 21.9. The molecule has 1 aromatic heterocycles. The lowest BCUT2D eigenvalue weighted by Gasteiger charge is -2.25. The van der Waals surface area contributed by atoms with Crippen LogP contribution < -0.4 is 9.47 Å². The summed E-state index contributed by atoms with van der Waals surface area (Å²) in [7, 11) is 0. The second kappa shape index (κ2) is 9.28. The number of fused-ring (bicyclic) bond motifs is 1. The van der Waals surface area contributed by atoms with Gasteiger partial charge in [-0.15, -0.1) is 0 Å². The number of para-hydroxylation sites is 1. The number of nitrogens with zero attached hydrogens (tertiary/aromatic N) is 3. The highest BCUT2D eigenvalue weighted by Gasteiger charge is 2.31. The molecule has 0 unspecified atom stereocenters. The number of hydrogen-bond donors (Lipinski definition) is 0. The van der Waals surface area contributed by atoms with Crippen LogP contribution in [-0.2, 0) is 4.79 Å². The average Bonchev–Trinajstić information content (AvgIpc) is 3.42. The first-order valence-corrected chi connectivity index (χ1v) is 12.1. The Hall–Kier alpha value is -2.93. The lowest BCUT2D eigenvalue weighted by atomic mass is 10.0. The largest absolute Gasteiger partial charge is 0.490 e. The van der Waals surface area contributed by atoms with E-state index in [1.54, 1.807) is 6.20 Å². The van der Waals surface area contributed by atoms with Crippen molar-refractivity contribution in [1.82, 2.24) is 14.5 Å². The van der Waals surface area contributed by atoms with Gasteiger partial charge in [0.1, 0.15) is 0 Å². The number of likely N-dealkylation sites (tertiary alicyclic amines) is 1. The van der Waals surface area contributed by atoms with Crippen molar-refractivity contribution in [3.8, 4) is 17.2 Å². The molecule has 32 heavy (non-hydrogen) atoms. The predicted molar refractivity (Wildman–Crippen MR) is 125 cm³/mol. The van der Waals surface area contributed by atoms with Crippen molar-refractivity contribution in [2.75, 3.05) is 25.5 Å². The van der Waals surface area contributed by atoms with Crippen LogP contribution in [0.4, 0.5) is 0 Å². The van der Waals surface area contributed by atoms with Crippen LogP contribution in [-0.4, -0.2) is 45.9 Å². The molecule has 1 amide bonds. The minimum absolute atomic E-state index is 0.0800. The molecule has 2 aliphatic heterocycles. The Labute approximate surface area is 192 Å². The van der Waals surface area contributed by atoms with Gasteiger partial charge in [-0.25, -0.2) is 4.98 Å². The SMILES string of the molecule is Cc1ccccc1-n1ccnc1SCC(=O)N1CCC[C@H]1c1ccc2c(c1)OCCCO2. The van der Waals surface area contributed by atoms with Gasteiger partial charge < -0.3 is 14.4 Å². The molecule has 1 fully saturated rings. The third-order valence-electron chi connectivity index (χ3n) is 6.04. The van der Waals surface area contributed by atoms with Crippen molar-refractivity contribution in [2.24, 2.45) is 0 Å². The van der Waals surface area contributed by atoms with E-state index in [0.717, 1.165) is 53.7 Å². The number of carbonyl (C=O) groups excluding carboxylic acids is 1. The lowest BCUT2D eigenvalue weighted by Crippen LogP contribution is -2.32. The monoisotopic (exact) mass is 449 g/mol. The first-order chi connectivity index (χ1) is 15.7. The summed E-state index contributed by atoms with van der Waals surface area (Å²) in [6, 6.07) is 14.4. The molecule has 0 bridgehead atoms. The van der Waals surface area contributed by atoms with Crippen molar-refractivity contribution in [1.29, 1.82) is 0 Å². The van der Waals surface area contributed by atoms with Crippen molar-refractivity contribution >= 4 is 17.7 Å². The third-order valence-corrected chi connectivity index (χ3v) is 6.99. The maximum Gasteiger partial charge on any atom is 0.233 e. The Balaban J connectivity index is 1.29. The zero-order valence-corrected chi connectivity index (χ0v) is 19.0. The molecule has 3 heterocycles. The summed E-state index contributed by atoms with van der Waals surface area (Å²) in [5.41, 5.74) is 3.38. The molecule has 1 atom stereocenters. The molecule has 6 nitrogen and oxygen atoms in total. The highest BCUT2D eigenvalue weighted by molar-refractivity contribution is 7.99. The first kappa shape index (κ1) is 20.9. The van der Waals surface area contributed by atoms with Gasteiger partial charge in [0.15, 0.2) is 16.7 Å². The number of aryl methyl sites for hydroxylation is 1. The summed E-state index contributed by atoms with van der Waals surface area (Å²) in [6.07, 6.45) is 6.59. The topological polar surface area (TPSA) is 56.6 Å². The minimum atomic E-state index is 0.0800. The molecular weight excluding hydrogens is 422 g/mol. The molecule has 2 aromatic carbocycles. The summed E-state index contributed by atoms with van der Waals surface area (Å²) in [6.45, 7) is 4.20. The number of hydrogen-bond acceptors (Lipinski definition) is 5. The number of aromatic nitrogens is 2. The van der Waals surface area contributed by atoms with Crippen molar-refractivity contribution in [3.05, 3.63) is 66.0 Å². The number of ether oxygens (including phenoxy) is 2. The molecule has 2 aliphatic rings. The van der Waals surface area contributed by atoms with Crippen LogP contribution in [0.1, 0.15) is 36.4 Å². The zero-order valence-electron chi connectivity index (χ0n) is 18.2. The molecule has 5 rings (SSSR count). The lowest BCUT2D eigenvalue weighted by molar-refractivity contribution is -0.129. The average molecular weight is 450 g/mol. The van der Waals surface area contributed by atoms with Gasteiger partial charge in [0, 0.05) is 25.4 Å². The van der Waals surface area contributed by atoms with E-state index in [1.807, 2.05) is 29.3 Å². The van der Waals surface area contributed by atoms with Crippen molar-refractivity contribution < 1.29 is 14.3 Å².